The fourth-order valence-electron chi connectivity index (χ4n) is 4.11. The topological polar surface area (TPSA) is 79.0 Å². The van der Waals surface area contributed by atoms with E-state index >= 15 is 0 Å². The molecule has 1 fully saturated rings. The maximum absolute atomic E-state index is 13.3. The minimum atomic E-state index is -1.16. The van der Waals surface area contributed by atoms with E-state index in [-0.39, 0.29) is 12.5 Å². The van der Waals surface area contributed by atoms with Gasteiger partial charge >= 0.3 is 6.03 Å². The molecule has 1 atom stereocenters. The lowest BCUT2D eigenvalue weighted by atomic mass is 9.87. The Morgan fingerprint density at radius 1 is 1.21 bits per heavy atom. The Kier molecular flexibility index (Phi) is 6.25. The zero-order valence-electron chi connectivity index (χ0n) is 17.4. The van der Waals surface area contributed by atoms with Crippen LogP contribution >= 0.6 is 0 Å². The molecule has 1 aliphatic heterocycles. The standard InChI is InChI=1S/C22H29N3O4/c1-4-22(16-11-13-18(29-3)14-12-16)20(27)25(21(28)23-22)15-19(26)24(5-2)17-9-7-6-8-10-17/h9,11-14H,4-8,10,15H2,1-3H3,(H,23,28). The lowest BCUT2D eigenvalue weighted by Gasteiger charge is -2.28. The summed E-state index contributed by atoms with van der Waals surface area (Å²) in [6.45, 7) is 4.02. The van der Waals surface area contributed by atoms with Gasteiger partial charge in [0.15, 0.2) is 0 Å². The number of carbonyl (C=O) groups excluding carboxylic acids is 3. The predicted molar refractivity (Wildman–Crippen MR) is 109 cm³/mol. The first kappa shape index (κ1) is 20.9. The lowest BCUT2D eigenvalue weighted by molar-refractivity contribution is -0.138. The van der Waals surface area contributed by atoms with Crippen molar-refractivity contribution in [3.63, 3.8) is 0 Å². The van der Waals surface area contributed by atoms with Crippen LogP contribution < -0.4 is 10.1 Å². The third-order valence-corrected chi connectivity index (χ3v) is 5.81. The van der Waals surface area contributed by atoms with Crippen LogP contribution in [0.5, 0.6) is 5.75 Å². The number of hydrogen-bond acceptors (Lipinski definition) is 4. The molecule has 29 heavy (non-hydrogen) atoms. The molecule has 3 rings (SSSR count). The van der Waals surface area contributed by atoms with Gasteiger partial charge in [-0.05, 0) is 56.7 Å². The van der Waals surface area contributed by atoms with E-state index in [0.29, 0.717) is 24.3 Å². The molecule has 7 heteroatoms. The Bertz CT molecular complexity index is 818. The Labute approximate surface area is 171 Å². The van der Waals surface area contributed by atoms with Crippen molar-refractivity contribution in [3.8, 4) is 5.75 Å². The van der Waals surface area contributed by atoms with Crippen LogP contribution in [0.25, 0.3) is 0 Å². The summed E-state index contributed by atoms with van der Waals surface area (Å²) in [6, 6.07) is 6.53. The number of amides is 4. The number of carbonyl (C=O) groups is 3. The zero-order chi connectivity index (χ0) is 21.0. The largest absolute Gasteiger partial charge is 0.497 e. The van der Waals surface area contributed by atoms with Crippen molar-refractivity contribution in [2.75, 3.05) is 20.2 Å². The van der Waals surface area contributed by atoms with Gasteiger partial charge in [-0.3, -0.25) is 14.5 Å². The number of likely N-dealkylation sites (N-methyl/N-ethyl adjacent to an activating group) is 1. The molecule has 0 bridgehead atoms. The maximum Gasteiger partial charge on any atom is 0.325 e. The van der Waals surface area contributed by atoms with E-state index < -0.39 is 17.5 Å². The summed E-state index contributed by atoms with van der Waals surface area (Å²) in [7, 11) is 1.57. The van der Waals surface area contributed by atoms with Gasteiger partial charge in [-0.25, -0.2) is 4.79 Å². The Morgan fingerprint density at radius 2 is 1.93 bits per heavy atom. The minimum absolute atomic E-state index is 0.231. The van der Waals surface area contributed by atoms with E-state index in [1.165, 1.54) is 0 Å². The van der Waals surface area contributed by atoms with Gasteiger partial charge in [0.05, 0.1) is 7.11 Å². The number of rotatable bonds is 7. The van der Waals surface area contributed by atoms with Gasteiger partial charge < -0.3 is 15.0 Å². The highest BCUT2D eigenvalue weighted by molar-refractivity contribution is 6.09. The molecule has 1 N–H and O–H groups in total. The van der Waals surface area contributed by atoms with E-state index in [1.54, 1.807) is 36.3 Å². The number of hydrogen-bond donors (Lipinski definition) is 1. The molecular formula is C22H29N3O4. The molecule has 156 valence electrons. The second-order valence-electron chi connectivity index (χ2n) is 7.39. The van der Waals surface area contributed by atoms with Crippen molar-refractivity contribution in [3.05, 3.63) is 41.6 Å². The summed E-state index contributed by atoms with van der Waals surface area (Å²) in [4.78, 5) is 41.6. The fraction of sp³-hybridized carbons (Fsp3) is 0.500. The molecule has 1 saturated heterocycles. The third-order valence-electron chi connectivity index (χ3n) is 5.81. The number of benzene rings is 1. The quantitative estimate of drug-likeness (QED) is 0.715. The van der Waals surface area contributed by atoms with Crippen LogP contribution in [-0.4, -0.2) is 47.8 Å². The van der Waals surface area contributed by atoms with Crippen molar-refractivity contribution < 1.29 is 19.1 Å². The van der Waals surface area contributed by atoms with Gasteiger partial charge in [0.1, 0.15) is 17.8 Å². The SMILES string of the molecule is CCN(C(=O)CN1C(=O)NC(CC)(c2ccc(OC)cc2)C1=O)C1=CCCCC1. The molecule has 1 aliphatic carbocycles. The molecular weight excluding hydrogens is 370 g/mol. The van der Waals surface area contributed by atoms with Crippen LogP contribution in [-0.2, 0) is 15.1 Å². The molecule has 0 spiro atoms. The molecule has 0 aromatic heterocycles. The van der Waals surface area contributed by atoms with Gasteiger partial charge in [-0.2, -0.15) is 0 Å². The number of allylic oxidation sites excluding steroid dienone is 2. The van der Waals surface area contributed by atoms with Gasteiger partial charge in [0.2, 0.25) is 5.91 Å². The molecule has 1 heterocycles. The van der Waals surface area contributed by atoms with Crippen LogP contribution in [0.2, 0.25) is 0 Å². The highest BCUT2D eigenvalue weighted by Gasteiger charge is 2.51. The monoisotopic (exact) mass is 399 g/mol. The van der Waals surface area contributed by atoms with E-state index in [2.05, 4.69) is 11.4 Å². The van der Waals surface area contributed by atoms with Crippen molar-refractivity contribution >= 4 is 17.8 Å². The normalized spacial score (nSPS) is 21.6. The third kappa shape index (κ3) is 3.86. The predicted octanol–water partition coefficient (Wildman–Crippen LogP) is 3.16. The second-order valence-corrected chi connectivity index (χ2v) is 7.39. The summed E-state index contributed by atoms with van der Waals surface area (Å²) in [5, 5.41) is 2.82. The van der Waals surface area contributed by atoms with Gasteiger partial charge in [-0.15, -0.1) is 0 Å². The number of nitrogens with one attached hydrogen (secondary N) is 1. The molecule has 2 aliphatic rings. The first-order valence-corrected chi connectivity index (χ1v) is 10.2. The number of ether oxygens (including phenoxy) is 1. The van der Waals surface area contributed by atoms with Crippen LogP contribution in [0.4, 0.5) is 4.79 Å². The summed E-state index contributed by atoms with van der Waals surface area (Å²) in [5.41, 5.74) is 0.509. The van der Waals surface area contributed by atoms with Crippen molar-refractivity contribution in [1.82, 2.24) is 15.1 Å². The summed E-state index contributed by atoms with van der Waals surface area (Å²) in [6.07, 6.45) is 6.46. The van der Waals surface area contributed by atoms with Crippen molar-refractivity contribution in [1.29, 1.82) is 0 Å². The zero-order valence-corrected chi connectivity index (χ0v) is 17.4. The van der Waals surface area contributed by atoms with Gasteiger partial charge in [-0.1, -0.05) is 25.1 Å². The van der Waals surface area contributed by atoms with E-state index in [1.807, 2.05) is 13.8 Å². The highest BCUT2D eigenvalue weighted by atomic mass is 16.5. The van der Waals surface area contributed by atoms with Crippen LogP contribution in [0, 0.1) is 0 Å². The van der Waals surface area contributed by atoms with Crippen LogP contribution in [0.1, 0.15) is 51.5 Å². The highest BCUT2D eigenvalue weighted by Crippen LogP contribution is 2.33. The van der Waals surface area contributed by atoms with Gasteiger partial charge in [0, 0.05) is 12.2 Å². The summed E-state index contributed by atoms with van der Waals surface area (Å²) in [5.74, 6) is 0.0473. The molecule has 1 aromatic carbocycles. The average molecular weight is 399 g/mol. The summed E-state index contributed by atoms with van der Waals surface area (Å²) >= 11 is 0. The number of urea groups is 1. The van der Waals surface area contributed by atoms with Crippen molar-refractivity contribution in [2.45, 2.75) is 51.5 Å². The first-order valence-electron chi connectivity index (χ1n) is 10.2. The molecule has 0 saturated carbocycles. The first-order chi connectivity index (χ1) is 14.0. The van der Waals surface area contributed by atoms with Crippen molar-refractivity contribution in [2.24, 2.45) is 0 Å². The average Bonchev–Trinajstić information content (AvgIpc) is 3.00. The molecule has 0 radical (unpaired) electrons. The smallest absolute Gasteiger partial charge is 0.325 e. The van der Waals surface area contributed by atoms with Gasteiger partial charge in [0.25, 0.3) is 5.91 Å². The molecule has 7 nitrogen and oxygen atoms in total. The van der Waals surface area contributed by atoms with E-state index in [4.69, 9.17) is 4.74 Å². The van der Waals surface area contributed by atoms with E-state index in [9.17, 15) is 14.4 Å². The van der Waals surface area contributed by atoms with Crippen LogP contribution in [0.3, 0.4) is 0 Å². The summed E-state index contributed by atoms with van der Waals surface area (Å²) < 4.78 is 5.18. The lowest BCUT2D eigenvalue weighted by Crippen LogP contribution is -2.45. The van der Waals surface area contributed by atoms with Crippen LogP contribution in [0.15, 0.2) is 36.0 Å². The fourth-order valence-corrected chi connectivity index (χ4v) is 4.11. The van der Waals surface area contributed by atoms with E-state index in [0.717, 1.165) is 36.3 Å². The second kappa shape index (κ2) is 8.68. The number of imide groups is 1. The number of nitrogens with zero attached hydrogens (tertiary/aromatic N) is 2. The molecule has 4 amide bonds. The number of methoxy groups -OCH3 is 1. The minimum Gasteiger partial charge on any atom is -0.497 e. The Balaban J connectivity index is 1.81. The Hall–Kier alpha value is -2.83. The Morgan fingerprint density at radius 3 is 2.48 bits per heavy atom. The maximum atomic E-state index is 13.3. The molecule has 1 aromatic rings. The molecule has 1 unspecified atom stereocenters.